The number of carboxylic acid groups (broad SMARTS) is 1. The van der Waals surface area contributed by atoms with Gasteiger partial charge in [0.1, 0.15) is 0 Å². The first-order valence-electron chi connectivity index (χ1n) is 18.6. The summed E-state index contributed by atoms with van der Waals surface area (Å²) in [6.07, 6.45) is 10.4. The van der Waals surface area contributed by atoms with E-state index in [0.717, 1.165) is 64.6 Å². The van der Waals surface area contributed by atoms with Crippen molar-refractivity contribution in [2.75, 3.05) is 40.6 Å². The van der Waals surface area contributed by atoms with Crippen molar-refractivity contribution >= 4 is 5.97 Å². The normalized spacial score (nSPS) is 48.9. The average Bonchev–Trinajstić information content (AvgIpc) is 3.02. The average molecular weight is 644 g/mol. The van der Waals surface area contributed by atoms with Crippen molar-refractivity contribution in [1.29, 1.82) is 0 Å². The Hall–Kier alpha value is -0.990. The fourth-order valence-corrected chi connectivity index (χ4v) is 12.9. The van der Waals surface area contributed by atoms with E-state index in [1.54, 1.807) is 5.57 Å². The molecule has 2 bridgehead atoms. The summed E-state index contributed by atoms with van der Waals surface area (Å²) >= 11 is 0. The van der Waals surface area contributed by atoms with E-state index in [1.807, 2.05) is 7.11 Å². The monoisotopic (exact) mass is 643 g/mol. The molecule has 2 aliphatic heterocycles. The molecule has 262 valence electrons. The summed E-state index contributed by atoms with van der Waals surface area (Å²) in [6, 6.07) is 0. The molecule has 2 N–H and O–H groups in total. The Kier molecular flexibility index (Phi) is 8.95. The summed E-state index contributed by atoms with van der Waals surface area (Å²) in [7, 11) is 3.92. The number of nitrogens with one attached hydrogen (secondary N) is 1. The van der Waals surface area contributed by atoms with Crippen molar-refractivity contribution in [2.45, 2.75) is 131 Å². The number of methoxy groups -OCH3 is 1. The molecule has 0 aromatic rings. The maximum absolute atomic E-state index is 13.4. The van der Waals surface area contributed by atoms with Gasteiger partial charge in [-0.15, -0.1) is 0 Å². The van der Waals surface area contributed by atoms with Crippen LogP contribution in [0.3, 0.4) is 0 Å². The van der Waals surface area contributed by atoms with Crippen LogP contribution in [0.4, 0.5) is 0 Å². The first-order chi connectivity index (χ1) is 21.6. The third kappa shape index (κ3) is 4.63. The molecule has 2 heterocycles. The Labute approximate surface area is 279 Å². The lowest BCUT2D eigenvalue weighted by Crippen LogP contribution is -2.72. The molecule has 5 fully saturated rings. The zero-order chi connectivity index (χ0) is 33.5. The van der Waals surface area contributed by atoms with Gasteiger partial charge in [0, 0.05) is 36.7 Å². The molecular weight excluding hydrogens is 578 g/mol. The molecule has 0 aromatic carbocycles. The Balaban J connectivity index is 1.38. The second-order valence-electron chi connectivity index (χ2n) is 18.0. The van der Waals surface area contributed by atoms with Crippen molar-refractivity contribution in [1.82, 2.24) is 5.32 Å². The summed E-state index contributed by atoms with van der Waals surface area (Å²) in [5.41, 5.74) is 0.522. The first-order valence-corrected chi connectivity index (χ1v) is 18.6. The minimum Gasteiger partial charge on any atom is -0.481 e. The van der Waals surface area contributed by atoms with E-state index in [4.69, 9.17) is 18.9 Å². The highest BCUT2D eigenvalue weighted by atomic mass is 16.5. The van der Waals surface area contributed by atoms with E-state index in [9.17, 15) is 9.90 Å². The lowest BCUT2D eigenvalue weighted by atomic mass is 9.34. The molecule has 7 nitrogen and oxygen atoms in total. The second kappa shape index (κ2) is 11.8. The number of allylic oxidation sites excluding steroid dienone is 1. The van der Waals surface area contributed by atoms with E-state index >= 15 is 0 Å². The van der Waals surface area contributed by atoms with E-state index in [-0.39, 0.29) is 56.8 Å². The van der Waals surface area contributed by atoms with Crippen LogP contribution >= 0.6 is 0 Å². The number of ether oxygens (including phenoxy) is 4. The minimum atomic E-state index is -0.602. The predicted octanol–water partition coefficient (Wildman–Crippen LogP) is 7.13. The lowest BCUT2D eigenvalue weighted by molar-refractivity contribution is -0.289. The molecule has 2 saturated heterocycles. The standard InChI is InChI=1S/C39H65NO6/c1-24(2)25(3)34(5)15-16-36(7)27-11-12-30-35(6)22-45-26(4)39(30,28(27)13-14-37(36,8)31(34)33(41)42)21-29(43-10)32(35)46-23-38(40-9)17-19-44-20-18-38/h13,24-27,29-32,40H,11-12,14-23H2,1-10H3,(H,41,42)/t25-,26+,27+,29-,30+,31-,32+,34-,35-,36-,37+,39+/m1/s1. The molecule has 6 aliphatic rings. The van der Waals surface area contributed by atoms with E-state index in [1.165, 1.54) is 0 Å². The third-order valence-corrected chi connectivity index (χ3v) is 16.4. The van der Waals surface area contributed by atoms with Gasteiger partial charge >= 0.3 is 5.97 Å². The highest BCUT2D eigenvalue weighted by molar-refractivity contribution is 5.73. The number of likely N-dealkylation sites (N-methyl/N-ethyl adjacent to an activating group) is 1. The van der Waals surface area contributed by atoms with Gasteiger partial charge in [0.15, 0.2) is 0 Å². The molecule has 0 radical (unpaired) electrons. The fraction of sp³-hybridized carbons (Fsp3) is 0.923. The zero-order valence-electron chi connectivity index (χ0n) is 30.7. The highest BCUT2D eigenvalue weighted by Gasteiger charge is 2.73. The zero-order valence-corrected chi connectivity index (χ0v) is 30.7. The van der Waals surface area contributed by atoms with Crippen LogP contribution < -0.4 is 5.32 Å². The maximum Gasteiger partial charge on any atom is 0.307 e. The summed E-state index contributed by atoms with van der Waals surface area (Å²) in [4.78, 5) is 13.4. The molecule has 0 spiro atoms. The predicted molar refractivity (Wildman–Crippen MR) is 181 cm³/mol. The molecule has 4 aliphatic carbocycles. The summed E-state index contributed by atoms with van der Waals surface area (Å²) < 4.78 is 26.0. The van der Waals surface area contributed by atoms with Gasteiger partial charge in [0.25, 0.3) is 0 Å². The van der Waals surface area contributed by atoms with Gasteiger partial charge in [0.2, 0.25) is 0 Å². The Morgan fingerprint density at radius 3 is 2.37 bits per heavy atom. The SMILES string of the molecule is CNC1(CO[C@H]2[C@H](OC)C[C@]34C5=CC[C@@]6(C)[C@H](C(=O)O)[C@@](C)([C@H](C)C(C)C)CC[C@]6(C)[C@H]5CC[C@H]3[C@@]2(C)CO[C@H]4C)CCOCC1. The summed E-state index contributed by atoms with van der Waals surface area (Å²) in [5.74, 6) is 0.579. The van der Waals surface area contributed by atoms with E-state index in [0.29, 0.717) is 36.9 Å². The number of hydrogen-bond donors (Lipinski definition) is 2. The molecule has 46 heavy (non-hydrogen) atoms. The Bertz CT molecular complexity index is 1200. The van der Waals surface area contributed by atoms with Gasteiger partial charge in [-0.25, -0.2) is 0 Å². The number of aliphatic carboxylic acids is 1. The van der Waals surface area contributed by atoms with Crippen molar-refractivity contribution in [2.24, 2.45) is 56.7 Å². The second-order valence-corrected chi connectivity index (χ2v) is 18.0. The molecule has 0 amide bonds. The third-order valence-electron chi connectivity index (χ3n) is 16.4. The van der Waals surface area contributed by atoms with Crippen LogP contribution in [0.25, 0.3) is 0 Å². The maximum atomic E-state index is 13.4. The minimum absolute atomic E-state index is 0.0320. The van der Waals surface area contributed by atoms with E-state index in [2.05, 4.69) is 73.8 Å². The first kappa shape index (κ1) is 34.9. The number of carbonyl (C=O) groups is 1. The van der Waals surface area contributed by atoms with Crippen LogP contribution in [0, 0.1) is 56.7 Å². The largest absolute Gasteiger partial charge is 0.481 e. The van der Waals surface area contributed by atoms with Gasteiger partial charge in [-0.05, 0) is 105 Å². The summed E-state index contributed by atoms with van der Waals surface area (Å²) in [6.45, 7) is 21.5. The molecular formula is C39H65NO6. The number of rotatable bonds is 8. The Morgan fingerprint density at radius 1 is 1.07 bits per heavy atom. The van der Waals surface area contributed by atoms with Crippen molar-refractivity contribution in [3.05, 3.63) is 11.6 Å². The van der Waals surface area contributed by atoms with Gasteiger partial charge in [-0.2, -0.15) is 0 Å². The quantitative estimate of drug-likeness (QED) is 0.272. The summed E-state index contributed by atoms with van der Waals surface area (Å²) in [5, 5.41) is 14.6. The van der Waals surface area contributed by atoms with Gasteiger partial charge in [-0.3, -0.25) is 4.79 Å². The van der Waals surface area contributed by atoms with Crippen LogP contribution in [0.5, 0.6) is 0 Å². The van der Waals surface area contributed by atoms with Crippen LogP contribution in [0.1, 0.15) is 107 Å². The van der Waals surface area contributed by atoms with Crippen LogP contribution in [-0.4, -0.2) is 75.5 Å². The van der Waals surface area contributed by atoms with Crippen LogP contribution in [0.2, 0.25) is 0 Å². The number of carboxylic acids is 1. The molecule has 0 unspecified atom stereocenters. The van der Waals surface area contributed by atoms with Gasteiger partial charge in [0.05, 0.1) is 37.4 Å². The number of hydrogen-bond acceptors (Lipinski definition) is 6. The van der Waals surface area contributed by atoms with Crippen LogP contribution in [0.15, 0.2) is 11.6 Å². The lowest BCUT2D eigenvalue weighted by Gasteiger charge is -2.72. The van der Waals surface area contributed by atoms with Crippen molar-refractivity contribution < 1.29 is 28.8 Å². The van der Waals surface area contributed by atoms with Gasteiger partial charge in [-0.1, -0.05) is 60.1 Å². The molecule has 12 atom stereocenters. The van der Waals surface area contributed by atoms with Gasteiger partial charge < -0.3 is 29.4 Å². The number of fused-ring (bicyclic) bond motifs is 3. The smallest absolute Gasteiger partial charge is 0.307 e. The van der Waals surface area contributed by atoms with Crippen LogP contribution in [-0.2, 0) is 23.7 Å². The molecule has 6 rings (SSSR count). The van der Waals surface area contributed by atoms with E-state index < -0.39 is 5.97 Å². The fourth-order valence-electron chi connectivity index (χ4n) is 12.9. The molecule has 0 aromatic heterocycles. The van der Waals surface area contributed by atoms with Crippen molar-refractivity contribution in [3.63, 3.8) is 0 Å². The molecule has 3 saturated carbocycles. The topological polar surface area (TPSA) is 86.3 Å². The highest BCUT2D eigenvalue weighted by Crippen LogP contribution is 2.75. The molecule has 7 heteroatoms. The Morgan fingerprint density at radius 2 is 1.76 bits per heavy atom. The van der Waals surface area contributed by atoms with Crippen molar-refractivity contribution in [3.8, 4) is 0 Å².